The number of nitrogens with zero attached hydrogens (tertiary/aromatic N) is 2. The Labute approximate surface area is 87.9 Å². The van der Waals surface area contributed by atoms with Crippen LogP contribution in [0.3, 0.4) is 0 Å². The first kappa shape index (κ1) is 9.65. The van der Waals surface area contributed by atoms with Crippen LogP contribution in [-0.2, 0) is 6.54 Å². The zero-order valence-corrected chi connectivity index (χ0v) is 8.18. The van der Waals surface area contributed by atoms with Crippen LogP contribution in [0.5, 0.6) is 0 Å². The molecule has 2 nitrogen and oxygen atoms in total. The summed E-state index contributed by atoms with van der Waals surface area (Å²) in [5.74, 6) is 0.335. The third kappa shape index (κ3) is 2.53. The largest absolute Gasteiger partial charge is 0.237 e. The van der Waals surface area contributed by atoms with Crippen LogP contribution in [-0.4, -0.2) is 4.98 Å². The Bertz CT molecular complexity index is 402. The summed E-state index contributed by atoms with van der Waals surface area (Å²) in [5.41, 5.74) is 0.922. The van der Waals surface area contributed by atoms with Gasteiger partial charge in [-0.1, -0.05) is 40.9 Å². The van der Waals surface area contributed by atoms with Crippen molar-refractivity contribution in [2.24, 2.45) is 0 Å². The molecule has 2 rings (SSSR count). The molecule has 2 aromatic rings. The molecule has 0 N–H and O–H groups in total. The van der Waals surface area contributed by atoms with Crippen LogP contribution >= 0.6 is 0 Å². The van der Waals surface area contributed by atoms with Crippen LogP contribution in [0.4, 0.5) is 10.3 Å². The molecule has 76 valence electrons. The van der Waals surface area contributed by atoms with E-state index in [-0.39, 0.29) is 6.54 Å². The molecule has 1 heterocycles. The van der Waals surface area contributed by atoms with Gasteiger partial charge in [-0.2, -0.15) is 5.12 Å². The summed E-state index contributed by atoms with van der Waals surface area (Å²) < 4.78 is 13.6. The molecule has 1 aromatic heterocycles. The van der Waals surface area contributed by atoms with Crippen molar-refractivity contribution in [1.82, 2.24) is 4.98 Å². The number of hydrogen-bond donors (Lipinski definition) is 0. The van der Waals surface area contributed by atoms with Gasteiger partial charge in [0.05, 0.1) is 6.54 Å². The molecule has 0 fully saturated rings. The average molecular weight is 202 g/mol. The first-order valence-electron chi connectivity index (χ1n) is 4.74. The van der Waals surface area contributed by atoms with Crippen LogP contribution in [0.2, 0.25) is 0 Å². The second kappa shape index (κ2) is 4.55. The SMILES string of the molecule is FN(Cc1ccccc1)c1ccccn1. The molecule has 0 aliphatic carbocycles. The fourth-order valence-corrected chi connectivity index (χ4v) is 1.32. The Balaban J connectivity index is 2.08. The molecular formula is C12H11FN2. The van der Waals surface area contributed by atoms with Crippen molar-refractivity contribution in [2.75, 3.05) is 5.12 Å². The van der Waals surface area contributed by atoms with Crippen molar-refractivity contribution in [1.29, 1.82) is 0 Å². The van der Waals surface area contributed by atoms with Crippen LogP contribution in [0.25, 0.3) is 0 Å². The van der Waals surface area contributed by atoms with Crippen LogP contribution in [0.1, 0.15) is 5.56 Å². The number of hydrogen-bond acceptors (Lipinski definition) is 2. The number of halogens is 1. The summed E-state index contributed by atoms with van der Waals surface area (Å²) in [6.45, 7) is 0.220. The second-order valence-corrected chi connectivity index (χ2v) is 3.19. The number of anilines is 1. The van der Waals surface area contributed by atoms with Gasteiger partial charge in [0.2, 0.25) is 0 Å². The van der Waals surface area contributed by atoms with Gasteiger partial charge in [-0.25, -0.2) is 4.98 Å². The minimum atomic E-state index is 0.220. The second-order valence-electron chi connectivity index (χ2n) is 3.19. The zero-order valence-electron chi connectivity index (χ0n) is 8.18. The van der Waals surface area contributed by atoms with E-state index in [0.29, 0.717) is 10.9 Å². The average Bonchev–Trinajstić information content (AvgIpc) is 2.31. The molecule has 0 saturated heterocycles. The molecule has 0 aliphatic heterocycles. The van der Waals surface area contributed by atoms with Gasteiger partial charge >= 0.3 is 0 Å². The smallest absolute Gasteiger partial charge is 0.157 e. The summed E-state index contributed by atoms with van der Waals surface area (Å²) >= 11 is 0. The quantitative estimate of drug-likeness (QED) is 0.711. The molecule has 0 atom stereocenters. The van der Waals surface area contributed by atoms with Gasteiger partial charge < -0.3 is 0 Å². The van der Waals surface area contributed by atoms with Crippen molar-refractivity contribution in [2.45, 2.75) is 6.54 Å². The van der Waals surface area contributed by atoms with Gasteiger partial charge in [-0.15, -0.1) is 0 Å². The number of pyridine rings is 1. The van der Waals surface area contributed by atoms with Gasteiger partial charge in [0.1, 0.15) is 0 Å². The van der Waals surface area contributed by atoms with Gasteiger partial charge in [0.15, 0.2) is 5.82 Å². The van der Waals surface area contributed by atoms with Crippen molar-refractivity contribution >= 4 is 5.82 Å². The predicted molar refractivity (Wildman–Crippen MR) is 58.0 cm³/mol. The Kier molecular flexibility index (Phi) is 2.93. The first-order valence-corrected chi connectivity index (χ1v) is 4.74. The lowest BCUT2D eigenvalue weighted by atomic mass is 10.2. The summed E-state index contributed by atoms with van der Waals surface area (Å²) in [6.07, 6.45) is 1.58. The lowest BCUT2D eigenvalue weighted by Crippen LogP contribution is -2.12. The lowest BCUT2D eigenvalue weighted by molar-refractivity contribution is 0.424. The highest BCUT2D eigenvalue weighted by Gasteiger charge is 2.05. The van der Waals surface area contributed by atoms with Gasteiger partial charge in [0, 0.05) is 6.20 Å². The van der Waals surface area contributed by atoms with Crippen molar-refractivity contribution in [3.05, 3.63) is 60.3 Å². The Hall–Kier alpha value is -1.90. The standard InChI is InChI=1S/C12H11FN2/c13-15(12-8-4-5-9-14-12)10-11-6-2-1-3-7-11/h1-9H,10H2. The molecule has 0 aliphatic rings. The van der Waals surface area contributed by atoms with E-state index in [2.05, 4.69) is 4.98 Å². The van der Waals surface area contributed by atoms with Gasteiger partial charge in [0.25, 0.3) is 0 Å². The summed E-state index contributed by atoms with van der Waals surface area (Å²) in [5, 5.41) is 0.634. The summed E-state index contributed by atoms with van der Waals surface area (Å²) in [4.78, 5) is 3.93. The highest BCUT2D eigenvalue weighted by atomic mass is 19.2. The molecular weight excluding hydrogens is 191 g/mol. The summed E-state index contributed by atoms with van der Waals surface area (Å²) in [7, 11) is 0. The number of benzene rings is 1. The monoisotopic (exact) mass is 202 g/mol. The highest BCUT2D eigenvalue weighted by Crippen LogP contribution is 2.13. The van der Waals surface area contributed by atoms with Crippen LogP contribution in [0.15, 0.2) is 54.7 Å². The van der Waals surface area contributed by atoms with E-state index in [1.807, 2.05) is 30.3 Å². The molecule has 0 radical (unpaired) electrons. The lowest BCUT2D eigenvalue weighted by Gasteiger charge is -2.12. The fourth-order valence-electron chi connectivity index (χ4n) is 1.32. The molecule has 3 heteroatoms. The third-order valence-corrected chi connectivity index (χ3v) is 2.06. The van der Waals surface area contributed by atoms with Crippen LogP contribution in [0, 0.1) is 0 Å². The molecule has 0 bridgehead atoms. The minimum absolute atomic E-state index is 0.220. The van der Waals surface area contributed by atoms with Gasteiger partial charge in [-0.05, 0) is 17.7 Å². The fraction of sp³-hybridized carbons (Fsp3) is 0.0833. The Morgan fingerprint density at radius 3 is 2.40 bits per heavy atom. The molecule has 1 aromatic carbocycles. The van der Waals surface area contributed by atoms with Crippen molar-refractivity contribution in [3.63, 3.8) is 0 Å². The summed E-state index contributed by atoms with van der Waals surface area (Å²) in [6, 6.07) is 14.6. The van der Waals surface area contributed by atoms with Crippen LogP contribution < -0.4 is 5.12 Å². The third-order valence-electron chi connectivity index (χ3n) is 2.06. The van der Waals surface area contributed by atoms with E-state index in [1.54, 1.807) is 24.4 Å². The van der Waals surface area contributed by atoms with E-state index >= 15 is 0 Å². The van der Waals surface area contributed by atoms with E-state index in [9.17, 15) is 4.48 Å². The molecule has 0 unspecified atom stereocenters. The van der Waals surface area contributed by atoms with Crippen molar-refractivity contribution in [3.8, 4) is 0 Å². The zero-order chi connectivity index (χ0) is 10.5. The van der Waals surface area contributed by atoms with E-state index in [4.69, 9.17) is 0 Å². The van der Waals surface area contributed by atoms with E-state index in [0.717, 1.165) is 5.56 Å². The number of rotatable bonds is 3. The maximum absolute atomic E-state index is 13.6. The minimum Gasteiger partial charge on any atom is -0.237 e. The Morgan fingerprint density at radius 1 is 1.00 bits per heavy atom. The molecule has 0 spiro atoms. The molecule has 0 saturated carbocycles. The molecule has 15 heavy (non-hydrogen) atoms. The number of aromatic nitrogens is 1. The van der Waals surface area contributed by atoms with Gasteiger partial charge in [-0.3, -0.25) is 0 Å². The normalized spacial score (nSPS) is 9.93. The van der Waals surface area contributed by atoms with Crippen molar-refractivity contribution < 1.29 is 4.48 Å². The highest BCUT2D eigenvalue weighted by molar-refractivity contribution is 5.35. The topological polar surface area (TPSA) is 16.1 Å². The first-order chi connectivity index (χ1) is 7.36. The Morgan fingerprint density at radius 2 is 1.73 bits per heavy atom. The predicted octanol–water partition coefficient (Wildman–Crippen LogP) is 2.97. The van der Waals surface area contributed by atoms with E-state index < -0.39 is 0 Å². The van der Waals surface area contributed by atoms with E-state index in [1.165, 1.54) is 0 Å². The molecule has 0 amide bonds. The maximum atomic E-state index is 13.6. The maximum Gasteiger partial charge on any atom is 0.157 e.